The number of methoxy groups -OCH3 is 1. The third kappa shape index (κ3) is 6.26. The molecule has 0 aliphatic carbocycles. The first-order valence-corrected chi connectivity index (χ1v) is 3.20. The van der Waals surface area contributed by atoms with Gasteiger partial charge in [0.25, 0.3) is 6.17 Å². The van der Waals surface area contributed by atoms with Crippen LogP contribution in [0.5, 0.6) is 0 Å². The summed E-state index contributed by atoms with van der Waals surface area (Å²) in [5.41, 5.74) is 0. The molecule has 14 heavy (non-hydrogen) atoms. The minimum atomic E-state index is -1.12. The summed E-state index contributed by atoms with van der Waals surface area (Å²) in [5, 5.41) is 20.0. The number of esters is 1. The molecule has 8 nitrogen and oxygen atoms in total. The van der Waals surface area contributed by atoms with Crippen molar-refractivity contribution in [3.05, 3.63) is 26.4 Å². The van der Waals surface area contributed by atoms with E-state index in [2.05, 4.69) is 4.74 Å². The summed E-state index contributed by atoms with van der Waals surface area (Å²) >= 11 is 0. The number of carbonyl (C=O) groups is 1. The number of nitrogens with zero attached hydrogens (tertiary/aromatic N) is 2. The van der Waals surface area contributed by atoms with Crippen molar-refractivity contribution in [2.75, 3.05) is 7.11 Å². The van der Waals surface area contributed by atoms with Crippen LogP contribution >= 0.6 is 0 Å². The number of ether oxygens (including phenoxy) is 1. The van der Waals surface area contributed by atoms with Crippen LogP contribution in [0.15, 0.2) is 0 Å². The van der Waals surface area contributed by atoms with Crippen molar-refractivity contribution < 1.29 is 70.8 Å². The minimum Gasteiger partial charge on any atom is -0.469 e. The van der Waals surface area contributed by atoms with E-state index in [1.807, 2.05) is 0 Å². The van der Waals surface area contributed by atoms with E-state index in [4.69, 9.17) is 0 Å². The second-order valence-corrected chi connectivity index (χ2v) is 2.01. The van der Waals surface area contributed by atoms with Crippen LogP contribution in [-0.4, -0.2) is 22.9 Å². The quantitative estimate of drug-likeness (QED) is 0.163. The van der Waals surface area contributed by atoms with Gasteiger partial charge >= 0.3 is 57.4 Å². The standard InChI is InChI=1S/C5H7N2O6.K/c1-13-5(8)3-2-4(6(9)10)7(11)12;/h2-3H2,1H3;/q-1;+1. The number of hydrogen-bond donors (Lipinski definition) is 0. The van der Waals surface area contributed by atoms with Crippen LogP contribution in [0.25, 0.3) is 0 Å². The first kappa shape index (κ1) is 16.2. The molecule has 0 unspecified atom stereocenters. The van der Waals surface area contributed by atoms with E-state index >= 15 is 0 Å². The van der Waals surface area contributed by atoms with E-state index in [0.29, 0.717) is 0 Å². The van der Waals surface area contributed by atoms with Crippen LogP contribution in [-0.2, 0) is 9.53 Å². The van der Waals surface area contributed by atoms with Crippen molar-refractivity contribution in [2.45, 2.75) is 12.8 Å². The number of carbonyl (C=O) groups excluding carboxylic acids is 1. The Kier molecular flexibility index (Phi) is 9.40. The van der Waals surface area contributed by atoms with Crippen molar-refractivity contribution >= 4 is 5.97 Å². The summed E-state index contributed by atoms with van der Waals surface area (Å²) in [6, 6.07) is 0. The maximum absolute atomic E-state index is 10.5. The first-order chi connectivity index (χ1) is 5.99. The second-order valence-electron chi connectivity index (χ2n) is 2.01. The fourth-order valence-electron chi connectivity index (χ4n) is 0.565. The molecule has 0 atom stereocenters. The van der Waals surface area contributed by atoms with Crippen LogP contribution in [0.2, 0.25) is 0 Å². The van der Waals surface area contributed by atoms with Gasteiger partial charge in [-0.15, -0.1) is 0 Å². The average molecular weight is 230 g/mol. The SMILES string of the molecule is COC(=O)CC[C-]([N+](=O)[O-])[N+](=O)[O-].[K+]. The molecule has 0 aliphatic rings. The molecular weight excluding hydrogens is 223 g/mol. The molecule has 0 N–H and O–H groups in total. The second kappa shape index (κ2) is 8.12. The maximum Gasteiger partial charge on any atom is 1.00 e. The normalized spacial score (nSPS) is 8.36. The van der Waals surface area contributed by atoms with Gasteiger partial charge < -0.3 is 4.74 Å². The predicted octanol–water partition coefficient (Wildman–Crippen LogP) is -3.01. The fourth-order valence-corrected chi connectivity index (χ4v) is 0.565. The van der Waals surface area contributed by atoms with Gasteiger partial charge in [0.2, 0.25) is 0 Å². The van der Waals surface area contributed by atoms with E-state index in [1.165, 1.54) is 0 Å². The molecule has 0 bridgehead atoms. The molecule has 0 aliphatic heterocycles. The summed E-state index contributed by atoms with van der Waals surface area (Å²) in [6.07, 6.45) is -2.01. The molecule has 0 saturated carbocycles. The summed E-state index contributed by atoms with van der Waals surface area (Å²) in [5.74, 6) is -0.721. The van der Waals surface area contributed by atoms with Crippen LogP contribution in [0.1, 0.15) is 12.8 Å². The van der Waals surface area contributed by atoms with Gasteiger partial charge in [-0.25, -0.2) is 0 Å². The van der Waals surface area contributed by atoms with Gasteiger partial charge in [-0.2, -0.15) is 0 Å². The number of hydrogen-bond acceptors (Lipinski definition) is 6. The smallest absolute Gasteiger partial charge is 0.469 e. The Morgan fingerprint density at radius 3 is 2.07 bits per heavy atom. The van der Waals surface area contributed by atoms with Gasteiger partial charge in [0, 0.05) is 6.42 Å². The van der Waals surface area contributed by atoms with E-state index in [-0.39, 0.29) is 57.8 Å². The Balaban J connectivity index is 0. The van der Waals surface area contributed by atoms with Crippen molar-refractivity contribution in [3.8, 4) is 0 Å². The average Bonchev–Trinajstić information content (AvgIpc) is 2.03. The van der Waals surface area contributed by atoms with Crippen LogP contribution < -0.4 is 51.4 Å². The van der Waals surface area contributed by atoms with Gasteiger partial charge in [-0.1, -0.05) is 0 Å². The summed E-state index contributed by atoms with van der Waals surface area (Å²) in [4.78, 5) is 28.3. The van der Waals surface area contributed by atoms with E-state index < -0.39 is 28.4 Å². The Morgan fingerprint density at radius 2 is 1.79 bits per heavy atom. The molecule has 0 spiro atoms. The Hall–Kier alpha value is -0.224. The van der Waals surface area contributed by atoms with Crippen molar-refractivity contribution in [3.63, 3.8) is 0 Å². The predicted molar refractivity (Wildman–Crippen MR) is 38.5 cm³/mol. The molecule has 0 heterocycles. The minimum absolute atomic E-state index is 0. The van der Waals surface area contributed by atoms with E-state index in [9.17, 15) is 25.0 Å². The van der Waals surface area contributed by atoms with Crippen LogP contribution in [0.4, 0.5) is 0 Å². The van der Waals surface area contributed by atoms with Gasteiger partial charge in [-0.05, 0) is 16.3 Å². The molecule has 9 heteroatoms. The summed E-state index contributed by atoms with van der Waals surface area (Å²) in [7, 11) is 1.10. The molecular formula is C5H7KN2O6. The van der Waals surface area contributed by atoms with Gasteiger partial charge in [0.1, 0.15) is 0 Å². The fraction of sp³-hybridized carbons (Fsp3) is 0.600. The third-order valence-corrected chi connectivity index (χ3v) is 1.20. The Bertz CT molecular complexity index is 218. The first-order valence-electron chi connectivity index (χ1n) is 3.20. The van der Waals surface area contributed by atoms with Gasteiger partial charge in [-0.3, -0.25) is 25.0 Å². The largest absolute Gasteiger partial charge is 1.00 e. The summed E-state index contributed by atoms with van der Waals surface area (Å²) < 4.78 is 4.16. The van der Waals surface area contributed by atoms with Crippen molar-refractivity contribution in [1.29, 1.82) is 0 Å². The van der Waals surface area contributed by atoms with Crippen molar-refractivity contribution in [1.82, 2.24) is 0 Å². The van der Waals surface area contributed by atoms with Gasteiger partial charge in [0.05, 0.1) is 7.11 Å². The Morgan fingerprint density at radius 1 is 1.36 bits per heavy atom. The number of nitro groups is 2. The zero-order chi connectivity index (χ0) is 10.4. The van der Waals surface area contributed by atoms with Crippen LogP contribution in [0.3, 0.4) is 0 Å². The van der Waals surface area contributed by atoms with E-state index in [0.717, 1.165) is 7.11 Å². The van der Waals surface area contributed by atoms with Crippen LogP contribution in [0, 0.1) is 26.4 Å². The monoisotopic (exact) mass is 230 g/mol. The molecule has 0 aromatic rings. The Labute approximate surface area is 122 Å². The zero-order valence-corrected chi connectivity index (χ0v) is 10.9. The van der Waals surface area contributed by atoms with E-state index in [1.54, 1.807) is 0 Å². The zero-order valence-electron chi connectivity index (χ0n) is 7.76. The number of rotatable bonds is 5. The third-order valence-electron chi connectivity index (χ3n) is 1.20. The molecule has 74 valence electrons. The summed E-state index contributed by atoms with van der Waals surface area (Å²) in [6.45, 7) is 0. The van der Waals surface area contributed by atoms with Crippen molar-refractivity contribution in [2.24, 2.45) is 0 Å². The topological polar surface area (TPSA) is 113 Å². The molecule has 0 aromatic carbocycles. The maximum atomic E-state index is 10.5. The molecule has 0 aromatic heterocycles. The molecule has 0 saturated heterocycles. The molecule has 0 fully saturated rings. The molecule has 0 radical (unpaired) electrons. The van der Waals surface area contributed by atoms with Gasteiger partial charge in [0.15, 0.2) is 0 Å². The molecule has 0 amide bonds. The molecule has 0 rings (SSSR count).